The summed E-state index contributed by atoms with van der Waals surface area (Å²) in [6.45, 7) is 6.01. The smallest absolute Gasteiger partial charge is 0.0948 e. The molecule has 1 atom stereocenters. The van der Waals surface area contributed by atoms with E-state index in [0.29, 0.717) is 6.10 Å². The summed E-state index contributed by atoms with van der Waals surface area (Å²) in [5.41, 5.74) is 1.26. The van der Waals surface area contributed by atoms with Gasteiger partial charge in [0.2, 0.25) is 0 Å². The quantitative estimate of drug-likeness (QED) is 0.744. The lowest BCUT2D eigenvalue weighted by molar-refractivity contribution is 0.104. The number of imidazole rings is 1. The average Bonchev–Trinajstić information content (AvgIpc) is 2.95. The van der Waals surface area contributed by atoms with Gasteiger partial charge in [-0.1, -0.05) is 0 Å². The van der Waals surface area contributed by atoms with E-state index in [1.165, 1.54) is 18.5 Å². The Morgan fingerprint density at radius 2 is 2.56 bits per heavy atom. The second kappa shape index (κ2) is 6.01. The van der Waals surface area contributed by atoms with Crippen LogP contribution in [0.2, 0.25) is 0 Å². The molecule has 1 saturated heterocycles. The molecule has 0 aromatic carbocycles. The number of rotatable bonds is 6. The van der Waals surface area contributed by atoms with Crippen LogP contribution in [-0.4, -0.2) is 28.8 Å². The summed E-state index contributed by atoms with van der Waals surface area (Å²) in [5.74, 6) is 0. The van der Waals surface area contributed by atoms with Crippen molar-refractivity contribution in [3.05, 3.63) is 18.2 Å². The summed E-state index contributed by atoms with van der Waals surface area (Å²) in [6.07, 6.45) is 7.89. The highest BCUT2D eigenvalue weighted by Gasteiger charge is 2.14. The maximum absolute atomic E-state index is 5.58. The number of aryl methyl sites for hydroxylation is 1. The van der Waals surface area contributed by atoms with Gasteiger partial charge in [0.15, 0.2) is 0 Å². The summed E-state index contributed by atoms with van der Waals surface area (Å²) in [6, 6.07) is 0. The molecule has 1 fully saturated rings. The first-order chi connectivity index (χ1) is 7.90. The number of hydrogen-bond acceptors (Lipinski definition) is 3. The Balaban J connectivity index is 1.64. The first-order valence-electron chi connectivity index (χ1n) is 6.21. The molecule has 0 bridgehead atoms. The lowest BCUT2D eigenvalue weighted by Gasteiger charge is -2.10. The van der Waals surface area contributed by atoms with E-state index < -0.39 is 0 Å². The van der Waals surface area contributed by atoms with Crippen LogP contribution in [0.5, 0.6) is 0 Å². The van der Waals surface area contributed by atoms with E-state index in [2.05, 4.69) is 21.8 Å². The van der Waals surface area contributed by atoms with Crippen LogP contribution in [-0.2, 0) is 17.8 Å². The molecule has 16 heavy (non-hydrogen) atoms. The van der Waals surface area contributed by atoms with Crippen molar-refractivity contribution in [1.82, 2.24) is 14.9 Å². The molecule has 0 saturated carbocycles. The molecule has 1 aromatic rings. The Hall–Kier alpha value is -0.870. The van der Waals surface area contributed by atoms with Gasteiger partial charge in [0.25, 0.3) is 0 Å². The van der Waals surface area contributed by atoms with E-state index in [1.807, 2.05) is 12.5 Å². The number of nitrogens with one attached hydrogen (secondary N) is 1. The molecule has 1 aliphatic heterocycles. The molecule has 0 radical (unpaired) electrons. The minimum atomic E-state index is 0.489. The molecule has 1 N–H and O–H groups in total. The largest absolute Gasteiger partial charge is 0.378 e. The molecular formula is C12H21N3O. The summed E-state index contributed by atoms with van der Waals surface area (Å²) in [7, 11) is 0. The molecule has 0 aliphatic carbocycles. The molecule has 90 valence electrons. The Morgan fingerprint density at radius 1 is 1.62 bits per heavy atom. The Labute approximate surface area is 97.0 Å². The van der Waals surface area contributed by atoms with E-state index in [1.54, 1.807) is 0 Å². The van der Waals surface area contributed by atoms with E-state index in [9.17, 15) is 0 Å². The molecule has 1 aliphatic rings. The van der Waals surface area contributed by atoms with Crippen LogP contribution in [0.3, 0.4) is 0 Å². The topological polar surface area (TPSA) is 39.1 Å². The van der Waals surface area contributed by atoms with Gasteiger partial charge in [-0.05, 0) is 32.7 Å². The van der Waals surface area contributed by atoms with Crippen molar-refractivity contribution in [2.24, 2.45) is 0 Å². The van der Waals surface area contributed by atoms with Gasteiger partial charge in [0, 0.05) is 25.9 Å². The van der Waals surface area contributed by atoms with Crippen molar-refractivity contribution >= 4 is 0 Å². The fraction of sp³-hybridized carbons (Fsp3) is 0.750. The molecule has 1 unspecified atom stereocenters. The van der Waals surface area contributed by atoms with E-state index >= 15 is 0 Å². The summed E-state index contributed by atoms with van der Waals surface area (Å²) in [5, 5.41) is 3.45. The molecule has 4 heteroatoms. The third-order valence-electron chi connectivity index (χ3n) is 3.11. The van der Waals surface area contributed by atoms with Crippen molar-refractivity contribution < 1.29 is 4.74 Å². The molecular weight excluding hydrogens is 202 g/mol. The minimum absolute atomic E-state index is 0.489. The van der Waals surface area contributed by atoms with Crippen LogP contribution in [0, 0.1) is 0 Å². The van der Waals surface area contributed by atoms with Crippen LogP contribution in [0.25, 0.3) is 0 Å². The third-order valence-corrected chi connectivity index (χ3v) is 3.11. The van der Waals surface area contributed by atoms with Gasteiger partial charge in [-0.3, -0.25) is 0 Å². The van der Waals surface area contributed by atoms with Crippen LogP contribution in [0.15, 0.2) is 12.5 Å². The summed E-state index contributed by atoms with van der Waals surface area (Å²) < 4.78 is 7.74. The zero-order chi connectivity index (χ0) is 11.2. The minimum Gasteiger partial charge on any atom is -0.378 e. The fourth-order valence-electron chi connectivity index (χ4n) is 2.13. The molecule has 0 spiro atoms. The van der Waals surface area contributed by atoms with Crippen LogP contribution < -0.4 is 5.32 Å². The van der Waals surface area contributed by atoms with Gasteiger partial charge < -0.3 is 14.6 Å². The highest BCUT2D eigenvalue weighted by Crippen LogP contribution is 2.14. The van der Waals surface area contributed by atoms with Crippen LogP contribution in [0.4, 0.5) is 0 Å². The lowest BCUT2D eigenvalue weighted by Crippen LogP contribution is -2.21. The maximum atomic E-state index is 5.58. The molecule has 2 rings (SSSR count). The van der Waals surface area contributed by atoms with E-state index in [4.69, 9.17) is 4.74 Å². The van der Waals surface area contributed by atoms with Gasteiger partial charge in [-0.25, -0.2) is 4.98 Å². The van der Waals surface area contributed by atoms with Crippen molar-refractivity contribution in [1.29, 1.82) is 0 Å². The SMILES string of the molecule is CCn1cncc1CNCCC1CCCO1. The van der Waals surface area contributed by atoms with Crippen molar-refractivity contribution in [2.45, 2.75) is 45.4 Å². The number of ether oxygens (including phenoxy) is 1. The zero-order valence-corrected chi connectivity index (χ0v) is 9.98. The third kappa shape index (κ3) is 3.06. The molecule has 4 nitrogen and oxygen atoms in total. The first kappa shape index (κ1) is 11.6. The normalized spacial score (nSPS) is 20.4. The van der Waals surface area contributed by atoms with Gasteiger partial charge in [-0.2, -0.15) is 0 Å². The zero-order valence-electron chi connectivity index (χ0n) is 9.98. The summed E-state index contributed by atoms with van der Waals surface area (Å²) in [4.78, 5) is 4.15. The van der Waals surface area contributed by atoms with E-state index in [-0.39, 0.29) is 0 Å². The number of hydrogen-bond donors (Lipinski definition) is 1. The average molecular weight is 223 g/mol. The highest BCUT2D eigenvalue weighted by molar-refractivity contribution is 4.97. The van der Waals surface area contributed by atoms with Crippen molar-refractivity contribution in [3.8, 4) is 0 Å². The number of nitrogens with zero attached hydrogens (tertiary/aromatic N) is 2. The Bertz CT molecular complexity index is 305. The monoisotopic (exact) mass is 223 g/mol. The molecule has 0 amide bonds. The Kier molecular flexibility index (Phi) is 4.36. The predicted octanol–water partition coefficient (Wildman–Crippen LogP) is 1.56. The van der Waals surface area contributed by atoms with Gasteiger partial charge in [0.05, 0.1) is 18.1 Å². The first-order valence-corrected chi connectivity index (χ1v) is 6.21. The van der Waals surface area contributed by atoms with Crippen molar-refractivity contribution in [2.75, 3.05) is 13.2 Å². The van der Waals surface area contributed by atoms with Crippen molar-refractivity contribution in [3.63, 3.8) is 0 Å². The van der Waals surface area contributed by atoms with Crippen LogP contribution in [0.1, 0.15) is 31.9 Å². The Morgan fingerprint density at radius 3 is 3.31 bits per heavy atom. The molecule has 1 aromatic heterocycles. The second-order valence-corrected chi connectivity index (χ2v) is 4.27. The van der Waals surface area contributed by atoms with Crippen LogP contribution >= 0.6 is 0 Å². The molecule has 2 heterocycles. The lowest BCUT2D eigenvalue weighted by atomic mass is 10.2. The summed E-state index contributed by atoms with van der Waals surface area (Å²) >= 11 is 0. The predicted molar refractivity (Wildman–Crippen MR) is 63.2 cm³/mol. The number of aromatic nitrogens is 2. The highest BCUT2D eigenvalue weighted by atomic mass is 16.5. The fourth-order valence-corrected chi connectivity index (χ4v) is 2.13. The van der Waals surface area contributed by atoms with Gasteiger partial charge in [0.1, 0.15) is 0 Å². The standard InChI is InChI=1S/C12H21N3O/c1-2-15-10-14-9-11(15)8-13-6-5-12-4-3-7-16-12/h9-10,12-13H,2-8H2,1H3. The van der Waals surface area contributed by atoms with Gasteiger partial charge >= 0.3 is 0 Å². The maximum Gasteiger partial charge on any atom is 0.0948 e. The van der Waals surface area contributed by atoms with Gasteiger partial charge in [-0.15, -0.1) is 0 Å². The second-order valence-electron chi connectivity index (χ2n) is 4.27. The van der Waals surface area contributed by atoms with E-state index in [0.717, 1.165) is 32.7 Å².